The molecule has 1 aliphatic rings. The predicted octanol–water partition coefficient (Wildman–Crippen LogP) is 1.56. The summed E-state index contributed by atoms with van der Waals surface area (Å²) in [7, 11) is -0.0267. The molecule has 2 nitrogen and oxygen atoms in total. The molecule has 0 bridgehead atoms. The van der Waals surface area contributed by atoms with Crippen LogP contribution in [-0.4, -0.2) is 19.3 Å². The highest BCUT2D eigenvalue weighted by molar-refractivity contribution is 6.42. The van der Waals surface area contributed by atoms with E-state index in [2.05, 4.69) is 20.8 Å². The third-order valence-electron chi connectivity index (χ3n) is 2.29. The Hall–Kier alpha value is -0.0151. The Labute approximate surface area is 63.0 Å². The van der Waals surface area contributed by atoms with Crippen LogP contribution in [0.5, 0.6) is 0 Å². The van der Waals surface area contributed by atoms with Crippen LogP contribution in [-0.2, 0) is 9.31 Å². The lowest BCUT2D eigenvalue weighted by Crippen LogP contribution is -2.43. The molecule has 0 aliphatic carbocycles. The molecule has 1 saturated heterocycles. The SMILES string of the molecule is CB1OC(C)C(C)C(C)O1. The monoisotopic (exact) mass is 142 g/mol. The van der Waals surface area contributed by atoms with Crippen LogP contribution in [0.4, 0.5) is 0 Å². The van der Waals surface area contributed by atoms with Crippen LogP contribution in [0.2, 0.25) is 6.82 Å². The minimum absolute atomic E-state index is 0.0267. The van der Waals surface area contributed by atoms with Crippen molar-refractivity contribution in [2.24, 2.45) is 5.92 Å². The smallest absolute Gasteiger partial charge is 0.408 e. The Bertz CT molecular complexity index is 106. The van der Waals surface area contributed by atoms with Gasteiger partial charge in [-0.15, -0.1) is 0 Å². The standard InChI is InChI=1S/C7H15BO2/c1-5-6(2)9-8(4)10-7(5)3/h5-7H,1-4H3. The Balaban J connectivity index is 2.49. The normalized spacial score (nSPS) is 42.0. The molecule has 0 spiro atoms. The highest BCUT2D eigenvalue weighted by Gasteiger charge is 2.31. The average molecular weight is 142 g/mol. The van der Waals surface area contributed by atoms with Crippen molar-refractivity contribution in [3.63, 3.8) is 0 Å². The van der Waals surface area contributed by atoms with Gasteiger partial charge in [0.1, 0.15) is 0 Å². The number of hydrogen-bond donors (Lipinski definition) is 0. The molecule has 0 amide bonds. The maximum atomic E-state index is 5.45. The second-order valence-electron chi connectivity index (χ2n) is 3.11. The van der Waals surface area contributed by atoms with Gasteiger partial charge in [0.15, 0.2) is 0 Å². The molecule has 2 unspecified atom stereocenters. The topological polar surface area (TPSA) is 18.5 Å². The summed E-state index contributed by atoms with van der Waals surface area (Å²) in [6.45, 7) is 8.29. The first kappa shape index (κ1) is 8.09. The molecule has 0 aromatic carbocycles. The molecule has 0 radical (unpaired) electrons. The van der Waals surface area contributed by atoms with E-state index in [0.717, 1.165) is 0 Å². The van der Waals surface area contributed by atoms with Gasteiger partial charge in [0.2, 0.25) is 0 Å². The second-order valence-corrected chi connectivity index (χ2v) is 3.11. The van der Waals surface area contributed by atoms with Crippen molar-refractivity contribution >= 4 is 7.12 Å². The van der Waals surface area contributed by atoms with E-state index in [1.165, 1.54) is 0 Å². The van der Waals surface area contributed by atoms with E-state index in [-0.39, 0.29) is 7.12 Å². The summed E-state index contributed by atoms with van der Waals surface area (Å²) in [6.07, 6.45) is 0.664. The maximum absolute atomic E-state index is 5.45. The summed E-state index contributed by atoms with van der Waals surface area (Å²) in [4.78, 5) is 0. The Morgan fingerprint density at radius 2 is 1.40 bits per heavy atom. The first-order valence-electron chi connectivity index (χ1n) is 3.92. The van der Waals surface area contributed by atoms with E-state index in [9.17, 15) is 0 Å². The highest BCUT2D eigenvalue weighted by atomic mass is 16.6. The minimum Gasteiger partial charge on any atom is -0.408 e. The molecule has 10 heavy (non-hydrogen) atoms. The molecule has 0 saturated carbocycles. The first-order chi connectivity index (χ1) is 4.61. The van der Waals surface area contributed by atoms with E-state index < -0.39 is 0 Å². The Morgan fingerprint density at radius 1 is 1.00 bits per heavy atom. The first-order valence-corrected chi connectivity index (χ1v) is 3.92. The Kier molecular flexibility index (Phi) is 2.37. The van der Waals surface area contributed by atoms with E-state index in [1.807, 2.05) is 6.82 Å². The third kappa shape index (κ3) is 1.52. The molecule has 58 valence electrons. The maximum Gasteiger partial charge on any atom is 0.453 e. The van der Waals surface area contributed by atoms with Gasteiger partial charge in [-0.1, -0.05) is 6.92 Å². The summed E-state index contributed by atoms with van der Waals surface area (Å²) >= 11 is 0. The molecule has 0 aromatic heterocycles. The molecule has 0 aromatic rings. The summed E-state index contributed by atoms with van der Waals surface area (Å²) in [5.74, 6) is 0.510. The zero-order valence-electron chi connectivity index (χ0n) is 7.13. The lowest BCUT2D eigenvalue weighted by Gasteiger charge is -2.35. The zero-order valence-corrected chi connectivity index (χ0v) is 7.13. The van der Waals surface area contributed by atoms with Gasteiger partial charge < -0.3 is 9.31 Å². The van der Waals surface area contributed by atoms with Crippen molar-refractivity contribution in [1.82, 2.24) is 0 Å². The van der Waals surface area contributed by atoms with Crippen LogP contribution in [0.3, 0.4) is 0 Å². The summed E-state index contributed by atoms with van der Waals surface area (Å²) in [6, 6.07) is 0. The Morgan fingerprint density at radius 3 is 1.80 bits per heavy atom. The van der Waals surface area contributed by atoms with Crippen molar-refractivity contribution in [2.45, 2.75) is 39.8 Å². The van der Waals surface area contributed by atoms with Gasteiger partial charge in [-0.05, 0) is 20.7 Å². The fraction of sp³-hybridized carbons (Fsp3) is 1.00. The van der Waals surface area contributed by atoms with Crippen LogP contribution in [0.1, 0.15) is 20.8 Å². The van der Waals surface area contributed by atoms with Crippen molar-refractivity contribution < 1.29 is 9.31 Å². The lowest BCUT2D eigenvalue weighted by atomic mass is 9.86. The van der Waals surface area contributed by atoms with Gasteiger partial charge in [-0.25, -0.2) is 0 Å². The van der Waals surface area contributed by atoms with Gasteiger partial charge in [-0.2, -0.15) is 0 Å². The van der Waals surface area contributed by atoms with Crippen LogP contribution >= 0.6 is 0 Å². The fourth-order valence-corrected chi connectivity index (χ4v) is 1.27. The molecular formula is C7H15BO2. The molecule has 1 heterocycles. The van der Waals surface area contributed by atoms with Gasteiger partial charge in [-0.3, -0.25) is 0 Å². The summed E-state index contributed by atoms with van der Waals surface area (Å²) in [5, 5.41) is 0. The fourth-order valence-electron chi connectivity index (χ4n) is 1.27. The van der Waals surface area contributed by atoms with Crippen molar-refractivity contribution in [3.05, 3.63) is 0 Å². The third-order valence-corrected chi connectivity index (χ3v) is 2.29. The van der Waals surface area contributed by atoms with Crippen molar-refractivity contribution in [1.29, 1.82) is 0 Å². The van der Waals surface area contributed by atoms with Gasteiger partial charge in [0.25, 0.3) is 0 Å². The molecule has 0 N–H and O–H groups in total. The summed E-state index contributed by atoms with van der Waals surface area (Å²) < 4.78 is 10.9. The average Bonchev–Trinajstić information content (AvgIpc) is 1.82. The highest BCUT2D eigenvalue weighted by Crippen LogP contribution is 2.21. The van der Waals surface area contributed by atoms with E-state index in [4.69, 9.17) is 9.31 Å². The largest absolute Gasteiger partial charge is 0.453 e. The van der Waals surface area contributed by atoms with Crippen LogP contribution < -0.4 is 0 Å². The molecule has 1 aliphatic heterocycles. The minimum atomic E-state index is -0.0267. The molecule has 2 atom stereocenters. The van der Waals surface area contributed by atoms with Gasteiger partial charge in [0.05, 0.1) is 0 Å². The quantitative estimate of drug-likeness (QED) is 0.478. The van der Waals surface area contributed by atoms with E-state index in [0.29, 0.717) is 18.1 Å². The van der Waals surface area contributed by atoms with Crippen LogP contribution in [0, 0.1) is 5.92 Å². The van der Waals surface area contributed by atoms with Crippen molar-refractivity contribution in [2.75, 3.05) is 0 Å². The van der Waals surface area contributed by atoms with Gasteiger partial charge >= 0.3 is 7.12 Å². The number of hydrogen-bond acceptors (Lipinski definition) is 2. The van der Waals surface area contributed by atoms with Gasteiger partial charge in [0, 0.05) is 18.1 Å². The predicted molar refractivity (Wildman–Crippen MR) is 41.9 cm³/mol. The van der Waals surface area contributed by atoms with Crippen molar-refractivity contribution in [3.8, 4) is 0 Å². The second kappa shape index (κ2) is 2.93. The van der Waals surface area contributed by atoms with Crippen LogP contribution in [0.15, 0.2) is 0 Å². The summed E-state index contributed by atoms with van der Waals surface area (Å²) in [5.41, 5.74) is 0. The molecular weight excluding hydrogens is 127 g/mol. The molecule has 1 fully saturated rings. The zero-order chi connectivity index (χ0) is 7.72. The molecule has 3 heteroatoms. The van der Waals surface area contributed by atoms with E-state index >= 15 is 0 Å². The lowest BCUT2D eigenvalue weighted by molar-refractivity contribution is -0.0128. The number of rotatable bonds is 0. The van der Waals surface area contributed by atoms with Crippen LogP contribution in [0.25, 0.3) is 0 Å². The van der Waals surface area contributed by atoms with E-state index in [1.54, 1.807) is 0 Å². The molecule has 1 rings (SSSR count).